The molecule has 2 aliphatic rings. The van der Waals surface area contributed by atoms with E-state index in [9.17, 15) is 9.59 Å². The second kappa shape index (κ2) is 6.23. The van der Waals surface area contributed by atoms with Crippen LogP contribution in [0.4, 0.5) is 11.5 Å². The number of para-hydroxylation sites is 1. The molecule has 1 aromatic heterocycles. The molecule has 0 atom stereocenters. The highest BCUT2D eigenvalue weighted by Gasteiger charge is 2.24. The molecule has 1 aliphatic carbocycles. The van der Waals surface area contributed by atoms with Crippen LogP contribution < -0.4 is 15.4 Å². The van der Waals surface area contributed by atoms with E-state index in [4.69, 9.17) is 4.74 Å². The van der Waals surface area contributed by atoms with Gasteiger partial charge in [0.05, 0.1) is 16.9 Å². The summed E-state index contributed by atoms with van der Waals surface area (Å²) in [6.07, 6.45) is 4.79. The Hall–Kier alpha value is -2.83. The minimum Gasteiger partial charge on any atom is -0.481 e. The highest BCUT2D eigenvalue weighted by atomic mass is 16.5. The van der Waals surface area contributed by atoms with E-state index in [0.717, 1.165) is 18.5 Å². The summed E-state index contributed by atoms with van der Waals surface area (Å²) in [5.41, 5.74) is 1.94. The van der Waals surface area contributed by atoms with Gasteiger partial charge in [0.15, 0.2) is 12.4 Å². The summed E-state index contributed by atoms with van der Waals surface area (Å²) in [4.78, 5) is 24.1. The van der Waals surface area contributed by atoms with Gasteiger partial charge in [0.25, 0.3) is 11.8 Å². The quantitative estimate of drug-likeness (QED) is 0.899. The molecule has 1 saturated carbocycles. The number of aryl methyl sites for hydroxylation is 1. The Morgan fingerprint density at radius 3 is 2.96 bits per heavy atom. The second-order valence-corrected chi connectivity index (χ2v) is 6.53. The number of hydrogen-bond donors (Lipinski definition) is 2. The minimum absolute atomic E-state index is 0.0885. The van der Waals surface area contributed by atoms with Crippen molar-refractivity contribution in [1.82, 2.24) is 9.78 Å². The first kappa shape index (κ1) is 15.7. The third kappa shape index (κ3) is 2.97. The van der Waals surface area contributed by atoms with Gasteiger partial charge in [0.2, 0.25) is 0 Å². The Morgan fingerprint density at radius 2 is 2.16 bits per heavy atom. The van der Waals surface area contributed by atoms with E-state index in [-0.39, 0.29) is 18.4 Å². The molecule has 7 nitrogen and oxygen atoms in total. The van der Waals surface area contributed by atoms with Crippen LogP contribution in [0.2, 0.25) is 0 Å². The van der Waals surface area contributed by atoms with Crippen LogP contribution in [0.1, 0.15) is 47.7 Å². The van der Waals surface area contributed by atoms with Gasteiger partial charge in [0.1, 0.15) is 5.82 Å². The molecule has 0 saturated heterocycles. The first-order valence-electron chi connectivity index (χ1n) is 8.53. The SMILES string of the molecule is Cn1nc(C2CCCC2)cc1NC(=O)c1cccc2c1OCC(=O)N2. The van der Waals surface area contributed by atoms with Crippen molar-refractivity contribution < 1.29 is 14.3 Å². The third-order valence-electron chi connectivity index (χ3n) is 4.80. The first-order chi connectivity index (χ1) is 12.1. The molecule has 0 spiro atoms. The van der Waals surface area contributed by atoms with E-state index in [2.05, 4.69) is 15.7 Å². The number of amides is 2. The molecule has 130 valence electrons. The second-order valence-electron chi connectivity index (χ2n) is 6.53. The number of fused-ring (bicyclic) bond motifs is 1. The normalized spacial score (nSPS) is 16.9. The lowest BCUT2D eigenvalue weighted by Crippen LogP contribution is -2.27. The molecule has 2 N–H and O–H groups in total. The fourth-order valence-corrected chi connectivity index (χ4v) is 3.50. The summed E-state index contributed by atoms with van der Waals surface area (Å²) in [7, 11) is 1.82. The van der Waals surface area contributed by atoms with Crippen LogP contribution >= 0.6 is 0 Å². The monoisotopic (exact) mass is 340 g/mol. The molecule has 1 fully saturated rings. The molecule has 2 aromatic rings. The number of carbonyl (C=O) groups excluding carboxylic acids is 2. The maximum absolute atomic E-state index is 12.7. The van der Waals surface area contributed by atoms with E-state index >= 15 is 0 Å². The van der Waals surface area contributed by atoms with Crippen molar-refractivity contribution in [3.63, 3.8) is 0 Å². The number of nitrogens with zero attached hydrogens (tertiary/aromatic N) is 2. The summed E-state index contributed by atoms with van der Waals surface area (Å²) in [5, 5.41) is 10.2. The molecule has 2 amide bonds. The lowest BCUT2D eigenvalue weighted by Gasteiger charge is -2.20. The van der Waals surface area contributed by atoms with E-state index < -0.39 is 0 Å². The van der Waals surface area contributed by atoms with Crippen LogP contribution in [0.3, 0.4) is 0 Å². The Labute approximate surface area is 145 Å². The standard InChI is InChI=1S/C18H20N4O3/c1-22-15(9-14(21-22)11-5-2-3-6-11)20-18(24)12-7-4-8-13-17(12)25-10-16(23)19-13/h4,7-9,11H,2-3,5-6,10H2,1H3,(H,19,23)(H,20,24). The molecule has 25 heavy (non-hydrogen) atoms. The van der Waals surface area contributed by atoms with Crippen molar-refractivity contribution in [2.75, 3.05) is 17.2 Å². The average molecular weight is 340 g/mol. The van der Waals surface area contributed by atoms with E-state index in [1.54, 1.807) is 22.9 Å². The Kier molecular flexibility index (Phi) is 3.91. The van der Waals surface area contributed by atoms with Crippen LogP contribution in [0.25, 0.3) is 0 Å². The zero-order valence-corrected chi connectivity index (χ0v) is 14.0. The van der Waals surface area contributed by atoms with E-state index in [1.807, 2.05) is 13.1 Å². The van der Waals surface area contributed by atoms with Gasteiger partial charge in [0, 0.05) is 19.0 Å². The predicted molar refractivity (Wildman–Crippen MR) is 92.9 cm³/mol. The van der Waals surface area contributed by atoms with Crippen LogP contribution in [0.5, 0.6) is 5.75 Å². The number of nitrogens with one attached hydrogen (secondary N) is 2. The van der Waals surface area contributed by atoms with Crippen LogP contribution in [0.15, 0.2) is 24.3 Å². The molecule has 0 bridgehead atoms. The number of aromatic nitrogens is 2. The molecule has 1 aromatic carbocycles. The Balaban J connectivity index is 1.57. The minimum atomic E-state index is -0.283. The lowest BCUT2D eigenvalue weighted by atomic mass is 10.0. The number of rotatable bonds is 3. The van der Waals surface area contributed by atoms with Gasteiger partial charge in [-0.05, 0) is 25.0 Å². The van der Waals surface area contributed by atoms with Crippen molar-refractivity contribution in [3.8, 4) is 5.75 Å². The number of benzene rings is 1. The number of anilines is 2. The van der Waals surface area contributed by atoms with Crippen molar-refractivity contribution in [2.24, 2.45) is 7.05 Å². The predicted octanol–water partition coefficient (Wildman–Crippen LogP) is 2.66. The van der Waals surface area contributed by atoms with Gasteiger partial charge in [-0.15, -0.1) is 0 Å². The van der Waals surface area contributed by atoms with Crippen molar-refractivity contribution >= 4 is 23.3 Å². The topological polar surface area (TPSA) is 85.2 Å². The molecular weight excluding hydrogens is 320 g/mol. The van der Waals surface area contributed by atoms with Crippen molar-refractivity contribution in [3.05, 3.63) is 35.5 Å². The molecular formula is C18H20N4O3. The Morgan fingerprint density at radius 1 is 1.36 bits per heavy atom. The van der Waals surface area contributed by atoms with Crippen molar-refractivity contribution in [2.45, 2.75) is 31.6 Å². The van der Waals surface area contributed by atoms with Gasteiger partial charge < -0.3 is 15.4 Å². The highest BCUT2D eigenvalue weighted by molar-refractivity contribution is 6.08. The fourth-order valence-electron chi connectivity index (χ4n) is 3.50. The van der Waals surface area contributed by atoms with Crippen LogP contribution in [-0.2, 0) is 11.8 Å². The van der Waals surface area contributed by atoms with Crippen molar-refractivity contribution in [1.29, 1.82) is 0 Å². The van der Waals surface area contributed by atoms with E-state index in [1.165, 1.54) is 12.8 Å². The number of carbonyl (C=O) groups is 2. The summed E-state index contributed by atoms with van der Waals surface area (Å²) in [6.45, 7) is -0.0885. The molecule has 0 radical (unpaired) electrons. The lowest BCUT2D eigenvalue weighted by molar-refractivity contribution is -0.118. The van der Waals surface area contributed by atoms with Gasteiger partial charge in [-0.1, -0.05) is 18.9 Å². The van der Waals surface area contributed by atoms with Gasteiger partial charge in [-0.2, -0.15) is 5.10 Å². The summed E-state index contributed by atoms with van der Waals surface area (Å²) in [5.74, 6) is 1.04. The van der Waals surface area contributed by atoms with E-state index in [0.29, 0.717) is 28.7 Å². The maximum Gasteiger partial charge on any atom is 0.262 e. The molecule has 1 aliphatic heterocycles. The zero-order chi connectivity index (χ0) is 17.4. The zero-order valence-electron chi connectivity index (χ0n) is 14.0. The summed E-state index contributed by atoms with van der Waals surface area (Å²) < 4.78 is 7.15. The molecule has 0 unspecified atom stereocenters. The van der Waals surface area contributed by atoms with Gasteiger partial charge in [-0.3, -0.25) is 14.3 Å². The summed E-state index contributed by atoms with van der Waals surface area (Å²) in [6, 6.07) is 7.06. The summed E-state index contributed by atoms with van der Waals surface area (Å²) >= 11 is 0. The number of hydrogen-bond acceptors (Lipinski definition) is 4. The smallest absolute Gasteiger partial charge is 0.262 e. The Bertz CT molecular complexity index is 837. The highest BCUT2D eigenvalue weighted by Crippen LogP contribution is 2.35. The third-order valence-corrected chi connectivity index (χ3v) is 4.80. The molecule has 7 heteroatoms. The van der Waals surface area contributed by atoms with Crippen LogP contribution in [0, 0.1) is 0 Å². The fraction of sp³-hybridized carbons (Fsp3) is 0.389. The molecule has 4 rings (SSSR count). The average Bonchev–Trinajstić information content (AvgIpc) is 3.24. The van der Waals surface area contributed by atoms with Gasteiger partial charge >= 0.3 is 0 Å². The van der Waals surface area contributed by atoms with Gasteiger partial charge in [-0.25, -0.2) is 0 Å². The first-order valence-corrected chi connectivity index (χ1v) is 8.53. The largest absolute Gasteiger partial charge is 0.481 e. The molecule has 2 heterocycles. The number of ether oxygens (including phenoxy) is 1. The maximum atomic E-state index is 12.7. The van der Waals surface area contributed by atoms with Crippen LogP contribution in [-0.4, -0.2) is 28.2 Å².